The number of hydrogen-bond acceptors (Lipinski definition) is 4. The second-order valence-electron chi connectivity index (χ2n) is 4.15. The van der Waals surface area contributed by atoms with E-state index in [9.17, 15) is 26.4 Å². The number of carbonyl (C=O) groups is 1. The molecule has 1 unspecified atom stereocenters. The first-order chi connectivity index (χ1) is 9.08. The Morgan fingerprint density at radius 3 is 2.30 bits per heavy atom. The van der Waals surface area contributed by atoms with Crippen molar-refractivity contribution in [3.63, 3.8) is 0 Å². The first-order valence-electron chi connectivity index (χ1n) is 5.38. The number of halogens is 3. The predicted molar refractivity (Wildman–Crippen MR) is 63.5 cm³/mol. The second-order valence-corrected chi connectivity index (χ2v) is 5.76. The second kappa shape index (κ2) is 6.23. The molecule has 1 amide bonds. The number of carbonyl (C=O) groups excluding carboxylic acids is 1. The van der Waals surface area contributed by atoms with Crippen molar-refractivity contribution in [2.75, 3.05) is 6.26 Å². The van der Waals surface area contributed by atoms with Crippen LogP contribution in [0.15, 0.2) is 12.1 Å². The maximum atomic E-state index is 13.4. The van der Waals surface area contributed by atoms with Gasteiger partial charge in [-0.2, -0.15) is 8.42 Å². The molecular formula is C11H12F3NO4S. The first kappa shape index (κ1) is 16.4. The standard InChI is InChI=1S/C11H12F3NO4S/c1-20(17,18)19-7(4-11(15)16)2-6-3-9(13)10(14)5-8(6)12/h3,5,7H,2,4H2,1H3,(H2,15,16). The lowest BCUT2D eigenvalue weighted by Gasteiger charge is -2.15. The van der Waals surface area contributed by atoms with Gasteiger partial charge < -0.3 is 5.73 Å². The van der Waals surface area contributed by atoms with Crippen LogP contribution in [0.25, 0.3) is 0 Å². The largest absolute Gasteiger partial charge is 0.370 e. The Balaban J connectivity index is 3.00. The van der Waals surface area contributed by atoms with Crippen molar-refractivity contribution in [3.05, 3.63) is 35.1 Å². The smallest absolute Gasteiger partial charge is 0.264 e. The van der Waals surface area contributed by atoms with E-state index < -0.39 is 52.4 Å². The van der Waals surface area contributed by atoms with E-state index in [1.807, 2.05) is 0 Å². The summed E-state index contributed by atoms with van der Waals surface area (Å²) in [5.41, 5.74) is 4.60. The summed E-state index contributed by atoms with van der Waals surface area (Å²) in [6.07, 6.45) is -1.51. The number of benzene rings is 1. The molecule has 0 aromatic heterocycles. The van der Waals surface area contributed by atoms with E-state index in [2.05, 4.69) is 4.18 Å². The van der Waals surface area contributed by atoms with Crippen molar-refractivity contribution >= 4 is 16.0 Å². The molecule has 1 aromatic carbocycles. The first-order valence-corrected chi connectivity index (χ1v) is 7.20. The van der Waals surface area contributed by atoms with Crippen LogP contribution in [-0.2, 0) is 25.5 Å². The van der Waals surface area contributed by atoms with Crippen LogP contribution in [0.1, 0.15) is 12.0 Å². The third-order valence-corrected chi connectivity index (χ3v) is 2.90. The van der Waals surface area contributed by atoms with Crippen LogP contribution in [0.3, 0.4) is 0 Å². The molecule has 5 nitrogen and oxygen atoms in total. The monoisotopic (exact) mass is 311 g/mol. The average Bonchev–Trinajstić information content (AvgIpc) is 2.22. The summed E-state index contributed by atoms with van der Waals surface area (Å²) in [4.78, 5) is 10.8. The molecule has 0 heterocycles. The van der Waals surface area contributed by atoms with E-state index in [1.54, 1.807) is 0 Å². The summed E-state index contributed by atoms with van der Waals surface area (Å²) in [5, 5.41) is 0. The highest BCUT2D eigenvalue weighted by atomic mass is 32.2. The van der Waals surface area contributed by atoms with Gasteiger partial charge in [0.1, 0.15) is 5.82 Å². The van der Waals surface area contributed by atoms with Crippen molar-refractivity contribution in [1.29, 1.82) is 0 Å². The van der Waals surface area contributed by atoms with Gasteiger partial charge in [-0.15, -0.1) is 0 Å². The molecule has 1 atom stereocenters. The molecule has 1 aromatic rings. The topological polar surface area (TPSA) is 86.5 Å². The average molecular weight is 311 g/mol. The van der Waals surface area contributed by atoms with Crippen LogP contribution in [0.2, 0.25) is 0 Å². The molecule has 0 saturated carbocycles. The molecule has 1 rings (SSSR count). The predicted octanol–water partition coefficient (Wildman–Crippen LogP) is 0.867. The summed E-state index contributed by atoms with van der Waals surface area (Å²) < 4.78 is 65.8. The summed E-state index contributed by atoms with van der Waals surface area (Å²) in [5.74, 6) is -4.61. The molecule has 0 saturated heterocycles. The van der Waals surface area contributed by atoms with Crippen LogP contribution >= 0.6 is 0 Å². The van der Waals surface area contributed by atoms with Crippen molar-refractivity contribution in [3.8, 4) is 0 Å². The highest BCUT2D eigenvalue weighted by Crippen LogP contribution is 2.18. The molecule has 20 heavy (non-hydrogen) atoms. The van der Waals surface area contributed by atoms with Gasteiger partial charge in [0.2, 0.25) is 5.91 Å². The fourth-order valence-electron chi connectivity index (χ4n) is 1.58. The molecule has 2 N–H and O–H groups in total. The third kappa shape index (κ3) is 5.17. The number of hydrogen-bond donors (Lipinski definition) is 1. The minimum absolute atomic E-state index is 0.321. The summed E-state index contributed by atoms with van der Waals surface area (Å²) in [7, 11) is -3.92. The van der Waals surface area contributed by atoms with Crippen LogP contribution in [0.5, 0.6) is 0 Å². The van der Waals surface area contributed by atoms with Gasteiger partial charge in [0.25, 0.3) is 10.1 Å². The molecule has 0 radical (unpaired) electrons. The fraction of sp³-hybridized carbons (Fsp3) is 0.364. The normalized spacial score (nSPS) is 13.2. The number of primary amides is 1. The summed E-state index contributed by atoms with van der Waals surface area (Å²) in [6, 6.07) is 0.900. The molecule has 9 heteroatoms. The molecular weight excluding hydrogens is 299 g/mol. The van der Waals surface area contributed by atoms with Crippen molar-refractivity contribution < 1.29 is 30.6 Å². The maximum absolute atomic E-state index is 13.4. The van der Waals surface area contributed by atoms with Gasteiger partial charge in [0, 0.05) is 12.5 Å². The van der Waals surface area contributed by atoms with Gasteiger partial charge in [-0.25, -0.2) is 13.2 Å². The molecule has 0 aliphatic carbocycles. The van der Waals surface area contributed by atoms with Crippen LogP contribution in [-0.4, -0.2) is 26.7 Å². The van der Waals surface area contributed by atoms with Gasteiger partial charge in [0.15, 0.2) is 11.6 Å². The highest BCUT2D eigenvalue weighted by molar-refractivity contribution is 7.86. The van der Waals surface area contributed by atoms with Gasteiger partial charge >= 0.3 is 0 Å². The Morgan fingerprint density at radius 1 is 1.25 bits per heavy atom. The lowest BCUT2D eigenvalue weighted by atomic mass is 10.0. The molecule has 0 fully saturated rings. The van der Waals surface area contributed by atoms with Gasteiger partial charge in [-0.1, -0.05) is 0 Å². The van der Waals surface area contributed by atoms with E-state index in [0.717, 1.165) is 6.26 Å². The van der Waals surface area contributed by atoms with Gasteiger partial charge in [-0.05, 0) is 11.6 Å². The maximum Gasteiger partial charge on any atom is 0.264 e. The molecule has 112 valence electrons. The zero-order chi connectivity index (χ0) is 15.5. The lowest BCUT2D eigenvalue weighted by molar-refractivity contribution is -0.119. The Kier molecular flexibility index (Phi) is 5.12. The SMILES string of the molecule is CS(=O)(=O)OC(CC(N)=O)Cc1cc(F)c(F)cc1F. The Labute approximate surface area is 113 Å². The summed E-state index contributed by atoms with van der Waals surface area (Å²) in [6.45, 7) is 0. The highest BCUT2D eigenvalue weighted by Gasteiger charge is 2.21. The number of rotatable bonds is 6. The van der Waals surface area contributed by atoms with Gasteiger partial charge in [-0.3, -0.25) is 8.98 Å². The van der Waals surface area contributed by atoms with Gasteiger partial charge in [0.05, 0.1) is 18.8 Å². The van der Waals surface area contributed by atoms with Crippen molar-refractivity contribution in [1.82, 2.24) is 0 Å². The van der Waals surface area contributed by atoms with Crippen molar-refractivity contribution in [2.45, 2.75) is 18.9 Å². The Bertz CT molecular complexity index is 618. The number of amides is 1. The van der Waals surface area contributed by atoms with E-state index in [-0.39, 0.29) is 5.56 Å². The Hall–Kier alpha value is -1.61. The fourth-order valence-corrected chi connectivity index (χ4v) is 2.21. The van der Waals surface area contributed by atoms with Crippen molar-refractivity contribution in [2.24, 2.45) is 5.73 Å². The molecule has 0 spiro atoms. The zero-order valence-corrected chi connectivity index (χ0v) is 11.2. The van der Waals surface area contributed by atoms with E-state index in [0.29, 0.717) is 12.1 Å². The minimum Gasteiger partial charge on any atom is -0.370 e. The van der Waals surface area contributed by atoms with E-state index in [1.165, 1.54) is 0 Å². The zero-order valence-electron chi connectivity index (χ0n) is 10.4. The lowest BCUT2D eigenvalue weighted by Crippen LogP contribution is -2.27. The molecule has 0 aliphatic rings. The molecule has 0 aliphatic heterocycles. The van der Waals surface area contributed by atoms with E-state index >= 15 is 0 Å². The van der Waals surface area contributed by atoms with E-state index in [4.69, 9.17) is 5.73 Å². The number of nitrogens with two attached hydrogens (primary N) is 1. The third-order valence-electron chi connectivity index (χ3n) is 2.28. The van der Waals surface area contributed by atoms with Crippen LogP contribution in [0, 0.1) is 17.5 Å². The summed E-state index contributed by atoms with van der Waals surface area (Å²) >= 11 is 0. The Morgan fingerprint density at radius 2 is 1.80 bits per heavy atom. The quantitative estimate of drug-likeness (QED) is 0.624. The minimum atomic E-state index is -3.92. The molecule has 0 bridgehead atoms. The van der Waals surface area contributed by atoms with Crippen LogP contribution in [0.4, 0.5) is 13.2 Å². The van der Waals surface area contributed by atoms with Crippen LogP contribution < -0.4 is 5.73 Å².